The Morgan fingerprint density at radius 1 is 1.30 bits per heavy atom. The summed E-state index contributed by atoms with van der Waals surface area (Å²) >= 11 is 6.14. The summed E-state index contributed by atoms with van der Waals surface area (Å²) in [5.74, 6) is 0.568. The highest BCUT2D eigenvalue weighted by Gasteiger charge is 2.46. The second-order valence-electron chi connectivity index (χ2n) is 8.07. The maximum atomic E-state index is 12.4. The Hall–Kier alpha value is -1.55. The molecule has 1 aliphatic heterocycles. The van der Waals surface area contributed by atoms with Crippen molar-refractivity contribution in [2.75, 3.05) is 26.7 Å². The SMILES string of the molecule is CCC1(C)NC(=O)N(CCCNC(=NC)NCC2(c3cccc(Cl)c3)CC2)C1=O.I. The highest BCUT2D eigenvalue weighted by molar-refractivity contribution is 14.0. The first-order chi connectivity index (χ1) is 13.8. The molecule has 0 spiro atoms. The van der Waals surface area contributed by atoms with Crippen LogP contribution in [0.25, 0.3) is 0 Å². The van der Waals surface area contributed by atoms with E-state index in [4.69, 9.17) is 11.6 Å². The average molecular weight is 548 g/mol. The number of guanidine groups is 1. The lowest BCUT2D eigenvalue weighted by Gasteiger charge is -2.20. The van der Waals surface area contributed by atoms with E-state index >= 15 is 0 Å². The minimum atomic E-state index is -0.777. The number of amides is 3. The molecule has 1 saturated heterocycles. The van der Waals surface area contributed by atoms with Gasteiger partial charge in [0.2, 0.25) is 0 Å². The maximum Gasteiger partial charge on any atom is 0.325 e. The van der Waals surface area contributed by atoms with Gasteiger partial charge < -0.3 is 16.0 Å². The van der Waals surface area contributed by atoms with E-state index in [0.29, 0.717) is 31.9 Å². The lowest BCUT2D eigenvalue weighted by molar-refractivity contribution is -0.130. The van der Waals surface area contributed by atoms with Crippen LogP contribution in [-0.4, -0.2) is 55.0 Å². The van der Waals surface area contributed by atoms with Crippen molar-refractivity contribution >= 4 is 53.5 Å². The predicted octanol–water partition coefficient (Wildman–Crippen LogP) is 3.27. The monoisotopic (exact) mass is 547 g/mol. The zero-order chi connectivity index (χ0) is 21.1. The van der Waals surface area contributed by atoms with Crippen LogP contribution in [0.2, 0.25) is 5.02 Å². The number of imide groups is 1. The van der Waals surface area contributed by atoms with Crippen molar-refractivity contribution in [2.45, 2.75) is 50.5 Å². The molecule has 1 atom stereocenters. The smallest absolute Gasteiger partial charge is 0.325 e. The summed E-state index contributed by atoms with van der Waals surface area (Å²) < 4.78 is 0. The summed E-state index contributed by atoms with van der Waals surface area (Å²) in [7, 11) is 1.73. The quantitative estimate of drug-likeness (QED) is 0.153. The van der Waals surface area contributed by atoms with Gasteiger partial charge in [0.25, 0.3) is 5.91 Å². The number of rotatable bonds is 8. The summed E-state index contributed by atoms with van der Waals surface area (Å²) in [4.78, 5) is 30.0. The summed E-state index contributed by atoms with van der Waals surface area (Å²) in [5, 5.41) is 10.2. The van der Waals surface area contributed by atoms with E-state index < -0.39 is 5.54 Å². The zero-order valence-corrected chi connectivity index (χ0v) is 20.8. The standard InChI is InChI=1S/C21H30ClN5O2.HI/c1-4-20(2)17(28)27(19(29)26-20)12-6-11-24-18(23-3)25-14-21(9-10-21)15-7-5-8-16(22)13-15;/h5,7-8,13H,4,6,9-12,14H2,1-3H3,(H,26,29)(H2,23,24,25);1H. The molecule has 1 aromatic rings. The molecule has 3 rings (SSSR count). The summed E-state index contributed by atoms with van der Waals surface area (Å²) in [6.45, 7) is 5.45. The van der Waals surface area contributed by atoms with Gasteiger partial charge in [-0.05, 0) is 50.3 Å². The Labute approximate surface area is 200 Å². The third kappa shape index (κ3) is 5.38. The van der Waals surface area contributed by atoms with Gasteiger partial charge in [0.1, 0.15) is 5.54 Å². The van der Waals surface area contributed by atoms with Crippen molar-refractivity contribution in [3.8, 4) is 0 Å². The fourth-order valence-electron chi connectivity index (χ4n) is 3.64. The van der Waals surface area contributed by atoms with Crippen molar-refractivity contribution < 1.29 is 9.59 Å². The lowest BCUT2D eigenvalue weighted by Crippen LogP contribution is -2.43. The van der Waals surface area contributed by atoms with E-state index in [2.05, 4.69) is 27.0 Å². The van der Waals surface area contributed by atoms with Crippen molar-refractivity contribution in [2.24, 2.45) is 4.99 Å². The second kappa shape index (κ2) is 10.2. The molecule has 0 radical (unpaired) electrons. The number of halogens is 2. The molecule has 0 aromatic heterocycles. The Bertz CT molecular complexity index is 814. The zero-order valence-electron chi connectivity index (χ0n) is 17.8. The van der Waals surface area contributed by atoms with Gasteiger partial charge in [-0.25, -0.2) is 4.79 Å². The largest absolute Gasteiger partial charge is 0.356 e. The minimum Gasteiger partial charge on any atom is -0.356 e. The lowest BCUT2D eigenvalue weighted by atomic mass is 9.96. The van der Waals surface area contributed by atoms with Gasteiger partial charge in [0.05, 0.1) is 0 Å². The Kier molecular flexibility index (Phi) is 8.38. The molecule has 1 aromatic carbocycles. The fraction of sp³-hybridized carbons (Fsp3) is 0.571. The number of hydrogen-bond donors (Lipinski definition) is 3. The molecule has 3 amide bonds. The molecule has 2 fully saturated rings. The van der Waals surface area contributed by atoms with Crippen molar-refractivity contribution in [3.63, 3.8) is 0 Å². The highest BCUT2D eigenvalue weighted by atomic mass is 127. The highest BCUT2D eigenvalue weighted by Crippen LogP contribution is 2.48. The molecular formula is C21H31ClIN5O2. The van der Waals surface area contributed by atoms with Crippen molar-refractivity contribution in [1.29, 1.82) is 0 Å². The predicted molar refractivity (Wildman–Crippen MR) is 131 cm³/mol. The number of urea groups is 1. The van der Waals surface area contributed by atoms with Gasteiger partial charge in [-0.15, -0.1) is 24.0 Å². The van der Waals surface area contributed by atoms with Crippen LogP contribution in [0.5, 0.6) is 0 Å². The van der Waals surface area contributed by atoms with Gasteiger partial charge in [-0.2, -0.15) is 0 Å². The van der Waals surface area contributed by atoms with Gasteiger partial charge in [-0.1, -0.05) is 30.7 Å². The van der Waals surface area contributed by atoms with Crippen LogP contribution < -0.4 is 16.0 Å². The molecule has 1 aliphatic carbocycles. The van der Waals surface area contributed by atoms with Gasteiger partial charge in [-0.3, -0.25) is 14.7 Å². The van der Waals surface area contributed by atoms with E-state index in [9.17, 15) is 9.59 Å². The van der Waals surface area contributed by atoms with E-state index in [1.165, 1.54) is 10.5 Å². The average Bonchev–Trinajstić information content (AvgIpc) is 3.46. The molecule has 2 aliphatic rings. The van der Waals surface area contributed by atoms with Crippen molar-refractivity contribution in [1.82, 2.24) is 20.9 Å². The Morgan fingerprint density at radius 3 is 2.60 bits per heavy atom. The van der Waals surface area contributed by atoms with Crippen LogP contribution in [0.1, 0.15) is 45.1 Å². The first-order valence-electron chi connectivity index (χ1n) is 10.2. The third-order valence-corrected chi connectivity index (χ3v) is 6.25. The fourth-order valence-corrected chi connectivity index (χ4v) is 3.83. The molecule has 1 saturated carbocycles. The topological polar surface area (TPSA) is 85.8 Å². The van der Waals surface area contributed by atoms with Crippen LogP contribution in [0.3, 0.4) is 0 Å². The van der Waals surface area contributed by atoms with Gasteiger partial charge >= 0.3 is 6.03 Å². The first-order valence-corrected chi connectivity index (χ1v) is 10.6. The van der Waals surface area contributed by atoms with Gasteiger partial charge in [0.15, 0.2) is 5.96 Å². The number of carbonyl (C=O) groups excluding carboxylic acids is 2. The number of hydrogen-bond acceptors (Lipinski definition) is 3. The Balaban J connectivity index is 0.00000320. The van der Waals surface area contributed by atoms with E-state index in [1.807, 2.05) is 25.1 Å². The number of nitrogens with zero attached hydrogens (tertiary/aromatic N) is 2. The number of nitrogens with one attached hydrogen (secondary N) is 3. The normalized spacial score (nSPS) is 22.4. The van der Waals surface area contributed by atoms with Crippen LogP contribution in [0.4, 0.5) is 4.79 Å². The van der Waals surface area contributed by atoms with E-state index in [1.54, 1.807) is 14.0 Å². The van der Waals surface area contributed by atoms with Crippen LogP contribution in [-0.2, 0) is 10.2 Å². The van der Waals surface area contributed by atoms with Crippen LogP contribution in [0, 0.1) is 0 Å². The third-order valence-electron chi connectivity index (χ3n) is 6.01. The maximum absolute atomic E-state index is 12.4. The van der Waals surface area contributed by atoms with E-state index in [0.717, 1.165) is 24.4 Å². The number of benzene rings is 1. The number of carbonyl (C=O) groups is 2. The van der Waals surface area contributed by atoms with Crippen molar-refractivity contribution in [3.05, 3.63) is 34.9 Å². The molecule has 3 N–H and O–H groups in total. The molecule has 0 bridgehead atoms. The molecule has 1 heterocycles. The summed E-state index contributed by atoms with van der Waals surface area (Å²) in [6, 6.07) is 7.74. The molecule has 7 nitrogen and oxygen atoms in total. The molecule has 1 unspecified atom stereocenters. The summed E-state index contributed by atoms with van der Waals surface area (Å²) in [5.41, 5.74) is 0.597. The molecule has 30 heavy (non-hydrogen) atoms. The summed E-state index contributed by atoms with van der Waals surface area (Å²) in [6.07, 6.45) is 3.48. The van der Waals surface area contributed by atoms with Crippen LogP contribution >= 0.6 is 35.6 Å². The molecular weight excluding hydrogens is 517 g/mol. The number of aliphatic imine (C=N–C) groups is 1. The minimum absolute atomic E-state index is 0. The van der Waals surface area contributed by atoms with E-state index in [-0.39, 0.29) is 41.3 Å². The first kappa shape index (κ1) is 24.7. The second-order valence-corrected chi connectivity index (χ2v) is 8.51. The van der Waals surface area contributed by atoms with Gasteiger partial charge in [0, 0.05) is 37.1 Å². The molecule has 166 valence electrons. The Morgan fingerprint density at radius 2 is 2.03 bits per heavy atom. The van der Waals surface area contributed by atoms with Crippen LogP contribution in [0.15, 0.2) is 29.3 Å². The molecule has 9 heteroatoms.